The van der Waals surface area contributed by atoms with E-state index < -0.39 is 0 Å². The van der Waals surface area contributed by atoms with Crippen LogP contribution in [-0.2, 0) is 4.74 Å². The molecule has 0 radical (unpaired) electrons. The Bertz CT molecular complexity index is 193. The Balaban J connectivity index is 1.64. The lowest BCUT2D eigenvalue weighted by atomic mass is 9.84. The van der Waals surface area contributed by atoms with E-state index in [0.29, 0.717) is 0 Å². The lowest BCUT2D eigenvalue weighted by molar-refractivity contribution is 0.101. The van der Waals surface area contributed by atoms with E-state index in [0.717, 1.165) is 43.6 Å². The average Bonchev–Trinajstić information content (AvgIpc) is 2.79. The van der Waals surface area contributed by atoms with Gasteiger partial charge in [0.05, 0.1) is 6.10 Å². The summed E-state index contributed by atoms with van der Waals surface area (Å²) in [7, 11) is 1.72. The molecule has 1 N–H and O–H groups in total. The van der Waals surface area contributed by atoms with Crippen molar-refractivity contribution < 1.29 is 9.84 Å². The molecule has 0 heterocycles. The van der Waals surface area contributed by atoms with Crippen LogP contribution in [0.25, 0.3) is 0 Å². The summed E-state index contributed by atoms with van der Waals surface area (Å²) in [5.41, 5.74) is 0. The van der Waals surface area contributed by atoms with Gasteiger partial charge in [0.2, 0.25) is 0 Å². The van der Waals surface area contributed by atoms with Crippen molar-refractivity contribution >= 4 is 0 Å². The molecule has 0 aromatic carbocycles. The molecule has 2 nitrogen and oxygen atoms in total. The van der Waals surface area contributed by atoms with E-state index >= 15 is 0 Å². The zero-order chi connectivity index (χ0) is 10.7. The Morgan fingerprint density at radius 2 is 2.20 bits per heavy atom. The Labute approximate surface area is 93.0 Å². The van der Waals surface area contributed by atoms with E-state index in [1.807, 2.05) is 0 Å². The Hall–Kier alpha value is -0.0800. The molecule has 88 valence electrons. The molecule has 2 bridgehead atoms. The fourth-order valence-electron chi connectivity index (χ4n) is 3.60. The molecule has 0 spiro atoms. The molecule has 0 aromatic heterocycles. The van der Waals surface area contributed by atoms with Gasteiger partial charge < -0.3 is 9.84 Å². The number of rotatable bonds is 6. The molecule has 2 fully saturated rings. The molecule has 2 rings (SSSR count). The summed E-state index contributed by atoms with van der Waals surface area (Å²) in [5, 5.41) is 9.91. The zero-order valence-corrected chi connectivity index (χ0v) is 9.82. The Morgan fingerprint density at radius 3 is 2.80 bits per heavy atom. The smallest absolute Gasteiger partial charge is 0.0543 e. The van der Waals surface area contributed by atoms with Crippen LogP contribution in [0, 0.1) is 17.8 Å². The third-order valence-electron chi connectivity index (χ3n) is 4.35. The lowest BCUT2D eigenvalue weighted by Crippen LogP contribution is -2.18. The van der Waals surface area contributed by atoms with Crippen molar-refractivity contribution in [1.29, 1.82) is 0 Å². The maximum absolute atomic E-state index is 9.91. The summed E-state index contributed by atoms with van der Waals surface area (Å²) in [4.78, 5) is 0. The second-order valence-electron chi connectivity index (χ2n) is 5.46. The zero-order valence-electron chi connectivity index (χ0n) is 9.82. The first-order valence-electron chi connectivity index (χ1n) is 6.46. The van der Waals surface area contributed by atoms with Crippen LogP contribution in [0.1, 0.15) is 44.9 Å². The van der Waals surface area contributed by atoms with Crippen LogP contribution in [0.3, 0.4) is 0 Å². The van der Waals surface area contributed by atoms with Gasteiger partial charge in [0.15, 0.2) is 0 Å². The van der Waals surface area contributed by atoms with Crippen LogP contribution in [0.4, 0.5) is 0 Å². The van der Waals surface area contributed by atoms with Crippen LogP contribution in [-0.4, -0.2) is 24.9 Å². The molecule has 2 aliphatic carbocycles. The standard InChI is InChI=1S/C13H24O2/c1-15-6-2-3-13(14)9-12-8-10-4-5-11(12)7-10/h10-14H,2-9H2,1H3. The van der Waals surface area contributed by atoms with E-state index in [2.05, 4.69) is 0 Å². The quantitative estimate of drug-likeness (QED) is 0.686. The third kappa shape index (κ3) is 2.94. The van der Waals surface area contributed by atoms with Gasteiger partial charge in [-0.15, -0.1) is 0 Å². The molecular formula is C13H24O2. The maximum atomic E-state index is 9.91. The Kier molecular flexibility index (Phi) is 4.04. The first-order valence-corrected chi connectivity index (χ1v) is 6.46. The topological polar surface area (TPSA) is 29.5 Å². The molecule has 4 atom stereocenters. The van der Waals surface area contributed by atoms with Gasteiger partial charge >= 0.3 is 0 Å². The summed E-state index contributed by atoms with van der Waals surface area (Å²) in [6, 6.07) is 0. The van der Waals surface area contributed by atoms with Crippen molar-refractivity contribution in [3.8, 4) is 0 Å². The normalized spacial score (nSPS) is 36.0. The minimum Gasteiger partial charge on any atom is -0.393 e. The number of methoxy groups -OCH3 is 1. The minimum atomic E-state index is -0.0792. The monoisotopic (exact) mass is 212 g/mol. The van der Waals surface area contributed by atoms with E-state index in [1.165, 1.54) is 25.7 Å². The third-order valence-corrected chi connectivity index (χ3v) is 4.35. The molecule has 2 heteroatoms. The second kappa shape index (κ2) is 5.31. The highest BCUT2D eigenvalue weighted by Crippen LogP contribution is 2.49. The van der Waals surface area contributed by atoms with Crippen molar-refractivity contribution in [3.05, 3.63) is 0 Å². The number of fused-ring (bicyclic) bond motifs is 2. The summed E-state index contributed by atoms with van der Waals surface area (Å²) in [6.07, 6.45) is 8.62. The largest absolute Gasteiger partial charge is 0.393 e. The predicted molar refractivity (Wildman–Crippen MR) is 60.7 cm³/mol. The fraction of sp³-hybridized carbons (Fsp3) is 1.00. The SMILES string of the molecule is COCCCC(O)CC1CC2CCC1C2. The van der Waals surface area contributed by atoms with Crippen LogP contribution < -0.4 is 0 Å². The van der Waals surface area contributed by atoms with Crippen molar-refractivity contribution in [2.24, 2.45) is 17.8 Å². The molecular weight excluding hydrogens is 188 g/mol. The second-order valence-corrected chi connectivity index (χ2v) is 5.46. The maximum Gasteiger partial charge on any atom is 0.0543 e. The van der Waals surface area contributed by atoms with Crippen molar-refractivity contribution in [2.45, 2.75) is 51.0 Å². The van der Waals surface area contributed by atoms with Gasteiger partial charge in [-0.05, 0) is 56.3 Å². The summed E-state index contributed by atoms with van der Waals surface area (Å²) < 4.78 is 5.00. The van der Waals surface area contributed by atoms with E-state index in [4.69, 9.17) is 4.74 Å². The van der Waals surface area contributed by atoms with E-state index in [1.54, 1.807) is 7.11 Å². The summed E-state index contributed by atoms with van der Waals surface area (Å²) in [6.45, 7) is 0.785. The van der Waals surface area contributed by atoms with Crippen LogP contribution >= 0.6 is 0 Å². The number of ether oxygens (including phenoxy) is 1. The molecule has 15 heavy (non-hydrogen) atoms. The number of hydrogen-bond donors (Lipinski definition) is 1. The van der Waals surface area contributed by atoms with Crippen molar-refractivity contribution in [2.75, 3.05) is 13.7 Å². The number of aliphatic hydroxyl groups is 1. The Morgan fingerprint density at radius 1 is 1.33 bits per heavy atom. The van der Waals surface area contributed by atoms with Gasteiger partial charge in [-0.3, -0.25) is 0 Å². The highest BCUT2D eigenvalue weighted by Gasteiger charge is 2.39. The molecule has 0 aromatic rings. The van der Waals surface area contributed by atoms with E-state index in [9.17, 15) is 5.11 Å². The molecule has 2 saturated carbocycles. The van der Waals surface area contributed by atoms with Gasteiger partial charge in [-0.1, -0.05) is 6.42 Å². The highest BCUT2D eigenvalue weighted by molar-refractivity contribution is 4.90. The number of aliphatic hydroxyl groups excluding tert-OH is 1. The van der Waals surface area contributed by atoms with Gasteiger partial charge in [0.1, 0.15) is 0 Å². The fourth-order valence-corrected chi connectivity index (χ4v) is 3.60. The number of hydrogen-bond acceptors (Lipinski definition) is 2. The summed E-state index contributed by atoms with van der Waals surface area (Å²) >= 11 is 0. The molecule has 4 unspecified atom stereocenters. The van der Waals surface area contributed by atoms with Crippen LogP contribution in [0.15, 0.2) is 0 Å². The van der Waals surface area contributed by atoms with Gasteiger partial charge in [-0.25, -0.2) is 0 Å². The van der Waals surface area contributed by atoms with Gasteiger partial charge in [0, 0.05) is 13.7 Å². The van der Waals surface area contributed by atoms with Gasteiger partial charge in [-0.2, -0.15) is 0 Å². The van der Waals surface area contributed by atoms with Gasteiger partial charge in [0.25, 0.3) is 0 Å². The van der Waals surface area contributed by atoms with Crippen molar-refractivity contribution in [1.82, 2.24) is 0 Å². The first kappa shape index (κ1) is 11.4. The van der Waals surface area contributed by atoms with Crippen LogP contribution in [0.5, 0.6) is 0 Å². The first-order chi connectivity index (χ1) is 7.29. The molecule has 2 aliphatic rings. The average molecular weight is 212 g/mol. The lowest BCUT2D eigenvalue weighted by Gasteiger charge is -2.24. The minimum absolute atomic E-state index is 0.0792. The molecule has 0 saturated heterocycles. The van der Waals surface area contributed by atoms with Crippen LogP contribution in [0.2, 0.25) is 0 Å². The van der Waals surface area contributed by atoms with E-state index in [-0.39, 0.29) is 6.10 Å². The van der Waals surface area contributed by atoms with Crippen molar-refractivity contribution in [3.63, 3.8) is 0 Å². The molecule has 0 aliphatic heterocycles. The highest BCUT2D eigenvalue weighted by atomic mass is 16.5. The molecule has 0 amide bonds. The predicted octanol–water partition coefficient (Wildman–Crippen LogP) is 2.60. The summed E-state index contributed by atoms with van der Waals surface area (Å²) in [5.74, 6) is 2.79.